The van der Waals surface area contributed by atoms with Crippen LogP contribution in [0.25, 0.3) is 0 Å². The van der Waals surface area contributed by atoms with Gasteiger partial charge < -0.3 is 15.4 Å². The number of nitrogens with zero attached hydrogens (tertiary/aromatic N) is 2. The third kappa shape index (κ3) is 6.76. The first-order chi connectivity index (χ1) is 17.0. The molecule has 0 aliphatic carbocycles. The molecule has 2 N–H and O–H groups in total. The minimum Gasteiger partial charge on any atom is -0.455 e. The third-order valence-corrected chi connectivity index (χ3v) is 5.48. The fourth-order valence-corrected chi connectivity index (χ4v) is 3.58. The lowest BCUT2D eigenvalue weighted by atomic mass is 10.1. The van der Waals surface area contributed by atoms with Crippen molar-refractivity contribution >= 4 is 35.0 Å². The van der Waals surface area contributed by atoms with Gasteiger partial charge in [-0.15, -0.1) is 0 Å². The number of hydrogen-bond donors (Lipinski definition) is 2. The van der Waals surface area contributed by atoms with Gasteiger partial charge in [0.1, 0.15) is 12.3 Å². The third-order valence-electron chi connectivity index (χ3n) is 4.89. The Bertz CT molecular complexity index is 1350. The summed E-state index contributed by atoms with van der Waals surface area (Å²) in [6, 6.07) is 8.78. The molecule has 0 aliphatic heterocycles. The predicted octanol–water partition coefficient (Wildman–Crippen LogP) is 4.08. The number of amides is 2. The number of nitrogens with one attached hydrogen (secondary N) is 2. The standard InChI is InChI=1S/C23H19Cl2F3N4O4/c1-29-19(33)12-32-22(35)20(21(34)30-8-7-13-5-6-15(24)10-17(13)25)18(11-31-32)36-16-4-2-3-14(9-16)23(26,27)28/h2-6,9-11H,7-8,12H2,1H3,(H,29,33)(H,30,34). The van der Waals surface area contributed by atoms with Crippen LogP contribution in [0.15, 0.2) is 53.5 Å². The van der Waals surface area contributed by atoms with Gasteiger partial charge in [-0.3, -0.25) is 14.4 Å². The number of carbonyl (C=O) groups is 2. The largest absolute Gasteiger partial charge is 0.455 e. The zero-order chi connectivity index (χ0) is 26.5. The molecule has 36 heavy (non-hydrogen) atoms. The Morgan fingerprint density at radius 2 is 1.89 bits per heavy atom. The van der Waals surface area contributed by atoms with Gasteiger partial charge in [-0.05, 0) is 42.3 Å². The number of aromatic nitrogens is 2. The van der Waals surface area contributed by atoms with E-state index in [-0.39, 0.29) is 18.0 Å². The van der Waals surface area contributed by atoms with E-state index in [2.05, 4.69) is 15.7 Å². The first kappa shape index (κ1) is 27.0. The quantitative estimate of drug-likeness (QED) is 0.446. The van der Waals surface area contributed by atoms with Crippen molar-refractivity contribution in [3.05, 3.63) is 85.8 Å². The Morgan fingerprint density at radius 3 is 2.56 bits per heavy atom. The van der Waals surface area contributed by atoms with Crippen LogP contribution in [-0.4, -0.2) is 35.2 Å². The number of alkyl halides is 3. The molecule has 0 fully saturated rings. The highest BCUT2D eigenvalue weighted by atomic mass is 35.5. The summed E-state index contributed by atoms with van der Waals surface area (Å²) in [5, 5.41) is 9.52. The van der Waals surface area contributed by atoms with Crippen LogP contribution >= 0.6 is 23.2 Å². The van der Waals surface area contributed by atoms with Crippen LogP contribution in [0.2, 0.25) is 10.0 Å². The second-order valence-corrected chi connectivity index (χ2v) is 8.23. The van der Waals surface area contributed by atoms with Crippen molar-refractivity contribution in [3.8, 4) is 11.5 Å². The molecule has 8 nitrogen and oxygen atoms in total. The molecular formula is C23H19Cl2F3N4O4. The molecule has 1 heterocycles. The van der Waals surface area contributed by atoms with Gasteiger partial charge >= 0.3 is 6.18 Å². The number of likely N-dealkylation sites (N-methyl/N-ethyl adjacent to an activating group) is 1. The van der Waals surface area contributed by atoms with Gasteiger partial charge in [0, 0.05) is 23.6 Å². The lowest BCUT2D eigenvalue weighted by Crippen LogP contribution is -2.38. The normalized spacial score (nSPS) is 11.2. The zero-order valence-electron chi connectivity index (χ0n) is 18.7. The Labute approximate surface area is 213 Å². The average Bonchev–Trinajstić information content (AvgIpc) is 2.81. The van der Waals surface area contributed by atoms with Gasteiger partial charge in [0.05, 0.1) is 11.8 Å². The van der Waals surface area contributed by atoms with E-state index in [0.717, 1.165) is 29.1 Å². The summed E-state index contributed by atoms with van der Waals surface area (Å²) in [6.07, 6.45) is -3.35. The Hall–Kier alpha value is -3.57. The maximum absolute atomic E-state index is 13.1. The molecule has 0 saturated carbocycles. The Kier molecular flexibility index (Phi) is 8.59. The first-order valence-corrected chi connectivity index (χ1v) is 11.1. The van der Waals surface area contributed by atoms with Crippen LogP contribution < -0.4 is 20.9 Å². The lowest BCUT2D eigenvalue weighted by Gasteiger charge is -2.14. The number of carbonyl (C=O) groups excluding carboxylic acids is 2. The number of halogens is 5. The summed E-state index contributed by atoms with van der Waals surface area (Å²) in [5.74, 6) is -2.08. The molecule has 0 spiro atoms. The van der Waals surface area contributed by atoms with Crippen LogP contribution in [0, 0.1) is 0 Å². The predicted molar refractivity (Wildman–Crippen MR) is 127 cm³/mol. The maximum Gasteiger partial charge on any atom is 0.416 e. The van der Waals surface area contributed by atoms with Crippen molar-refractivity contribution in [2.24, 2.45) is 0 Å². The topological polar surface area (TPSA) is 102 Å². The minimum absolute atomic E-state index is 0.0559. The summed E-state index contributed by atoms with van der Waals surface area (Å²) in [7, 11) is 1.36. The SMILES string of the molecule is CNC(=O)Cn1ncc(Oc2cccc(C(F)(F)F)c2)c(C(=O)NCCc2ccc(Cl)cc2Cl)c1=O. The smallest absolute Gasteiger partial charge is 0.416 e. The van der Waals surface area contributed by atoms with Crippen molar-refractivity contribution in [2.75, 3.05) is 13.6 Å². The summed E-state index contributed by atoms with van der Waals surface area (Å²) < 4.78 is 45.4. The monoisotopic (exact) mass is 542 g/mol. The fraction of sp³-hybridized carbons (Fsp3) is 0.217. The van der Waals surface area contributed by atoms with Gasteiger partial charge in [0.2, 0.25) is 5.91 Å². The molecule has 3 aromatic rings. The zero-order valence-corrected chi connectivity index (χ0v) is 20.2. The van der Waals surface area contributed by atoms with Gasteiger partial charge in [-0.2, -0.15) is 18.3 Å². The fourth-order valence-electron chi connectivity index (χ4n) is 3.07. The van der Waals surface area contributed by atoms with E-state index in [9.17, 15) is 27.6 Å². The molecule has 190 valence electrons. The summed E-state index contributed by atoms with van der Waals surface area (Å²) in [4.78, 5) is 37.7. The van der Waals surface area contributed by atoms with Crippen molar-refractivity contribution in [1.29, 1.82) is 0 Å². The molecular weight excluding hydrogens is 524 g/mol. The molecule has 2 aromatic carbocycles. The molecule has 0 saturated heterocycles. The number of ether oxygens (including phenoxy) is 1. The van der Waals surface area contributed by atoms with E-state index in [1.165, 1.54) is 13.1 Å². The average molecular weight is 543 g/mol. The van der Waals surface area contributed by atoms with E-state index in [1.54, 1.807) is 18.2 Å². The maximum atomic E-state index is 13.1. The van der Waals surface area contributed by atoms with E-state index < -0.39 is 41.2 Å². The van der Waals surface area contributed by atoms with Crippen LogP contribution in [0.1, 0.15) is 21.5 Å². The van der Waals surface area contributed by atoms with E-state index in [4.69, 9.17) is 27.9 Å². The molecule has 0 unspecified atom stereocenters. The van der Waals surface area contributed by atoms with Crippen molar-refractivity contribution in [3.63, 3.8) is 0 Å². The van der Waals surface area contributed by atoms with Gasteiger partial charge in [0.15, 0.2) is 11.3 Å². The Morgan fingerprint density at radius 1 is 1.14 bits per heavy atom. The molecule has 0 atom stereocenters. The van der Waals surface area contributed by atoms with Gasteiger partial charge in [0.25, 0.3) is 11.5 Å². The van der Waals surface area contributed by atoms with Crippen molar-refractivity contribution in [2.45, 2.75) is 19.1 Å². The molecule has 2 amide bonds. The second-order valence-electron chi connectivity index (χ2n) is 7.39. The van der Waals surface area contributed by atoms with E-state index in [1.807, 2.05) is 0 Å². The van der Waals surface area contributed by atoms with Crippen LogP contribution in [0.3, 0.4) is 0 Å². The number of rotatable bonds is 8. The highest BCUT2D eigenvalue weighted by Gasteiger charge is 2.31. The Balaban J connectivity index is 1.90. The summed E-state index contributed by atoms with van der Waals surface area (Å²) >= 11 is 12.0. The summed E-state index contributed by atoms with van der Waals surface area (Å²) in [5.41, 5.74) is -1.79. The highest BCUT2D eigenvalue weighted by Crippen LogP contribution is 2.33. The minimum atomic E-state index is -4.63. The molecule has 0 bridgehead atoms. The lowest BCUT2D eigenvalue weighted by molar-refractivity contribution is -0.137. The molecule has 0 aliphatic rings. The molecule has 3 rings (SSSR count). The van der Waals surface area contributed by atoms with E-state index >= 15 is 0 Å². The first-order valence-electron chi connectivity index (χ1n) is 10.4. The molecule has 13 heteroatoms. The summed E-state index contributed by atoms with van der Waals surface area (Å²) in [6.45, 7) is -0.430. The van der Waals surface area contributed by atoms with Crippen molar-refractivity contribution < 1.29 is 27.5 Å². The van der Waals surface area contributed by atoms with Crippen LogP contribution in [0.4, 0.5) is 13.2 Å². The second kappa shape index (κ2) is 11.4. The number of hydrogen-bond acceptors (Lipinski definition) is 5. The number of benzene rings is 2. The molecule has 1 aromatic heterocycles. The van der Waals surface area contributed by atoms with Crippen LogP contribution in [0.5, 0.6) is 11.5 Å². The highest BCUT2D eigenvalue weighted by molar-refractivity contribution is 6.35. The van der Waals surface area contributed by atoms with Gasteiger partial charge in [-0.1, -0.05) is 35.3 Å². The van der Waals surface area contributed by atoms with E-state index in [0.29, 0.717) is 22.0 Å². The molecule has 0 radical (unpaired) electrons. The van der Waals surface area contributed by atoms with Gasteiger partial charge in [-0.25, -0.2) is 4.68 Å². The van der Waals surface area contributed by atoms with Crippen molar-refractivity contribution in [1.82, 2.24) is 20.4 Å². The van der Waals surface area contributed by atoms with Crippen LogP contribution in [-0.2, 0) is 23.9 Å².